The molecule has 0 aliphatic carbocycles. The van der Waals surface area contributed by atoms with Crippen molar-refractivity contribution in [3.8, 4) is 17.2 Å². The van der Waals surface area contributed by atoms with Crippen LogP contribution in [0.25, 0.3) is 0 Å². The van der Waals surface area contributed by atoms with Crippen molar-refractivity contribution in [2.45, 2.75) is 11.8 Å². The normalized spacial score (nSPS) is 11.0. The van der Waals surface area contributed by atoms with E-state index >= 15 is 0 Å². The minimum atomic E-state index is -3.86. The van der Waals surface area contributed by atoms with E-state index in [2.05, 4.69) is 5.32 Å². The molecule has 0 heterocycles. The third-order valence-corrected chi connectivity index (χ3v) is 7.49. The molecular formula is C25H27ClN2O6S. The van der Waals surface area contributed by atoms with Crippen molar-refractivity contribution in [1.29, 1.82) is 0 Å². The van der Waals surface area contributed by atoms with Gasteiger partial charge in [-0.1, -0.05) is 17.7 Å². The molecular weight excluding hydrogens is 492 g/mol. The fraction of sp³-hybridized carbons (Fsp3) is 0.240. The molecule has 0 fully saturated rings. The molecule has 186 valence electrons. The summed E-state index contributed by atoms with van der Waals surface area (Å²) < 4.78 is 43.3. The van der Waals surface area contributed by atoms with Gasteiger partial charge in [0.1, 0.15) is 12.4 Å². The van der Waals surface area contributed by atoms with Gasteiger partial charge in [0.05, 0.1) is 31.3 Å². The Balaban J connectivity index is 1.61. The van der Waals surface area contributed by atoms with Crippen molar-refractivity contribution in [3.63, 3.8) is 0 Å². The van der Waals surface area contributed by atoms with Gasteiger partial charge in [-0.2, -0.15) is 0 Å². The van der Waals surface area contributed by atoms with E-state index in [0.29, 0.717) is 40.1 Å². The molecule has 3 aromatic rings. The third-order valence-electron chi connectivity index (χ3n) is 5.31. The van der Waals surface area contributed by atoms with Crippen LogP contribution in [0.5, 0.6) is 17.2 Å². The van der Waals surface area contributed by atoms with Gasteiger partial charge in [0.25, 0.3) is 15.9 Å². The predicted octanol–water partition coefficient (Wildman–Crippen LogP) is 4.30. The number of ether oxygens (including phenoxy) is 3. The number of anilines is 1. The first-order valence-electron chi connectivity index (χ1n) is 10.7. The first-order valence-corrected chi connectivity index (χ1v) is 12.5. The number of nitrogens with one attached hydrogen (secondary N) is 1. The van der Waals surface area contributed by atoms with Crippen molar-refractivity contribution < 1.29 is 27.4 Å². The van der Waals surface area contributed by atoms with Gasteiger partial charge >= 0.3 is 0 Å². The van der Waals surface area contributed by atoms with Crippen LogP contribution in [0.15, 0.2) is 65.6 Å². The summed E-state index contributed by atoms with van der Waals surface area (Å²) >= 11 is 6.08. The number of aryl methyl sites for hydroxylation is 1. The second-order valence-corrected chi connectivity index (χ2v) is 9.93. The highest BCUT2D eigenvalue weighted by Gasteiger charge is 2.23. The van der Waals surface area contributed by atoms with E-state index in [1.54, 1.807) is 30.3 Å². The number of rotatable bonds is 10. The SMILES string of the molecule is COc1ccc(S(=O)(=O)N(C)c2ccc(C(=O)NCCOc3ccc(C)c(Cl)c3)cc2)cc1OC. The number of benzene rings is 3. The van der Waals surface area contributed by atoms with Gasteiger partial charge in [-0.05, 0) is 61.0 Å². The molecule has 0 aliphatic rings. The highest BCUT2D eigenvalue weighted by atomic mass is 35.5. The lowest BCUT2D eigenvalue weighted by Crippen LogP contribution is -2.28. The van der Waals surface area contributed by atoms with Gasteiger partial charge in [0.2, 0.25) is 0 Å². The van der Waals surface area contributed by atoms with Crippen LogP contribution in [-0.2, 0) is 10.0 Å². The third kappa shape index (κ3) is 6.17. The monoisotopic (exact) mass is 518 g/mol. The molecule has 35 heavy (non-hydrogen) atoms. The molecule has 0 atom stereocenters. The molecule has 0 saturated carbocycles. The molecule has 0 saturated heterocycles. The second-order valence-electron chi connectivity index (χ2n) is 7.55. The Bertz CT molecular complexity index is 1300. The number of methoxy groups -OCH3 is 2. The van der Waals surface area contributed by atoms with Crippen molar-refractivity contribution in [2.75, 3.05) is 38.7 Å². The number of sulfonamides is 1. The topological polar surface area (TPSA) is 94.2 Å². The van der Waals surface area contributed by atoms with E-state index < -0.39 is 10.0 Å². The molecule has 3 rings (SSSR count). The van der Waals surface area contributed by atoms with Crippen LogP contribution in [0, 0.1) is 6.92 Å². The molecule has 0 aliphatic heterocycles. The average Bonchev–Trinajstić information content (AvgIpc) is 2.87. The lowest BCUT2D eigenvalue weighted by molar-refractivity contribution is 0.0947. The number of amides is 1. The maximum Gasteiger partial charge on any atom is 0.264 e. The first kappa shape index (κ1) is 26.2. The van der Waals surface area contributed by atoms with Crippen LogP contribution in [0.1, 0.15) is 15.9 Å². The zero-order valence-electron chi connectivity index (χ0n) is 19.9. The molecule has 0 radical (unpaired) electrons. The Morgan fingerprint density at radius 1 is 0.971 bits per heavy atom. The molecule has 3 aromatic carbocycles. The minimum Gasteiger partial charge on any atom is -0.493 e. The molecule has 0 spiro atoms. The number of halogens is 1. The van der Waals surface area contributed by atoms with Crippen LogP contribution >= 0.6 is 11.6 Å². The molecule has 1 amide bonds. The van der Waals surface area contributed by atoms with Crippen LogP contribution < -0.4 is 23.8 Å². The van der Waals surface area contributed by atoms with Gasteiger partial charge in [-0.3, -0.25) is 9.10 Å². The van der Waals surface area contributed by atoms with Gasteiger partial charge in [0.15, 0.2) is 11.5 Å². The van der Waals surface area contributed by atoms with Gasteiger partial charge in [0, 0.05) is 23.7 Å². The number of hydrogen-bond acceptors (Lipinski definition) is 6. The number of carbonyl (C=O) groups excluding carboxylic acids is 1. The zero-order chi connectivity index (χ0) is 25.6. The van der Waals surface area contributed by atoms with Gasteiger partial charge < -0.3 is 19.5 Å². The molecule has 1 N–H and O–H groups in total. The Labute approximate surface area is 210 Å². The minimum absolute atomic E-state index is 0.0503. The standard InChI is InChI=1S/C25H27ClN2O6S/c1-17-5-10-20(15-22(17)26)34-14-13-27-25(29)18-6-8-19(9-7-18)28(2)35(30,31)21-11-12-23(32-3)24(16-21)33-4/h5-12,15-16H,13-14H2,1-4H3,(H,27,29). The summed E-state index contributed by atoms with van der Waals surface area (Å²) in [5.41, 5.74) is 1.75. The van der Waals surface area contributed by atoms with Crippen molar-refractivity contribution in [1.82, 2.24) is 5.32 Å². The number of carbonyl (C=O) groups is 1. The fourth-order valence-electron chi connectivity index (χ4n) is 3.20. The van der Waals surface area contributed by atoms with Crippen LogP contribution in [0.3, 0.4) is 0 Å². The molecule has 8 nitrogen and oxygen atoms in total. The number of hydrogen-bond donors (Lipinski definition) is 1. The quantitative estimate of drug-likeness (QED) is 0.402. The molecule has 0 bridgehead atoms. The zero-order valence-corrected chi connectivity index (χ0v) is 21.4. The molecule has 10 heteroatoms. The summed E-state index contributed by atoms with van der Waals surface area (Å²) in [5, 5.41) is 3.38. The van der Waals surface area contributed by atoms with Crippen molar-refractivity contribution in [2.24, 2.45) is 0 Å². The van der Waals surface area contributed by atoms with Crippen LogP contribution in [0.2, 0.25) is 5.02 Å². The highest BCUT2D eigenvalue weighted by molar-refractivity contribution is 7.92. The van der Waals surface area contributed by atoms with Crippen LogP contribution in [-0.4, -0.2) is 48.7 Å². The lowest BCUT2D eigenvalue weighted by Gasteiger charge is -2.20. The molecule has 0 unspecified atom stereocenters. The Hall–Kier alpha value is -3.43. The number of nitrogens with zero attached hydrogens (tertiary/aromatic N) is 1. The Morgan fingerprint density at radius 3 is 2.29 bits per heavy atom. The van der Waals surface area contributed by atoms with Crippen molar-refractivity contribution in [3.05, 3.63) is 76.8 Å². The maximum absolute atomic E-state index is 13.1. The molecule has 0 aromatic heterocycles. The van der Waals surface area contributed by atoms with Gasteiger partial charge in [-0.15, -0.1) is 0 Å². The largest absolute Gasteiger partial charge is 0.493 e. The van der Waals surface area contributed by atoms with Gasteiger partial charge in [-0.25, -0.2) is 8.42 Å². The first-order chi connectivity index (χ1) is 16.7. The summed E-state index contributed by atoms with van der Waals surface area (Å²) in [7, 11) is 0.491. The van der Waals surface area contributed by atoms with E-state index in [0.717, 1.165) is 9.87 Å². The van der Waals surface area contributed by atoms with Crippen LogP contribution in [0.4, 0.5) is 5.69 Å². The second kappa shape index (κ2) is 11.3. The van der Waals surface area contributed by atoms with E-state index in [9.17, 15) is 13.2 Å². The lowest BCUT2D eigenvalue weighted by atomic mass is 10.2. The summed E-state index contributed by atoms with van der Waals surface area (Å²) in [6, 6.07) is 16.0. The van der Waals surface area contributed by atoms with E-state index in [4.69, 9.17) is 25.8 Å². The maximum atomic E-state index is 13.1. The summed E-state index contributed by atoms with van der Waals surface area (Å²) in [6.45, 7) is 2.47. The summed E-state index contributed by atoms with van der Waals surface area (Å²) in [4.78, 5) is 12.5. The summed E-state index contributed by atoms with van der Waals surface area (Å²) in [5.74, 6) is 1.06. The Morgan fingerprint density at radius 2 is 1.66 bits per heavy atom. The van der Waals surface area contributed by atoms with Crippen molar-refractivity contribution >= 4 is 33.2 Å². The predicted molar refractivity (Wildman–Crippen MR) is 136 cm³/mol. The fourth-order valence-corrected chi connectivity index (χ4v) is 4.58. The smallest absolute Gasteiger partial charge is 0.264 e. The van der Waals surface area contributed by atoms with E-state index in [1.165, 1.54) is 39.5 Å². The average molecular weight is 519 g/mol. The highest BCUT2D eigenvalue weighted by Crippen LogP contribution is 2.31. The Kier molecular flexibility index (Phi) is 8.48. The van der Waals surface area contributed by atoms with E-state index in [-0.39, 0.29) is 17.4 Å². The summed E-state index contributed by atoms with van der Waals surface area (Å²) in [6.07, 6.45) is 0. The van der Waals surface area contributed by atoms with E-state index in [1.807, 2.05) is 19.1 Å².